The van der Waals surface area contributed by atoms with Gasteiger partial charge in [0.05, 0.1) is 31.0 Å². The minimum absolute atomic E-state index is 0.0718. The van der Waals surface area contributed by atoms with Crippen LogP contribution in [0.1, 0.15) is 20.3 Å². The fraction of sp³-hybridized carbons (Fsp3) is 0.714. The number of fused-ring (bicyclic) bond motifs is 3. The number of nitrogens with one attached hydrogen (secondary N) is 1. The molecule has 0 aromatic carbocycles. The number of rotatable bonds is 3. The molecule has 2 aliphatic heterocycles. The van der Waals surface area contributed by atoms with Gasteiger partial charge in [-0.3, -0.25) is 0 Å². The van der Waals surface area contributed by atoms with E-state index in [1.165, 1.54) is 13.4 Å². The number of epoxide rings is 1. The maximum atomic E-state index is 11.8. The fourth-order valence-electron chi connectivity index (χ4n) is 3.43. The average molecular weight is 297 g/mol. The number of esters is 1. The largest absolute Gasteiger partial charge is 0.466 e. The van der Waals surface area contributed by atoms with E-state index in [0.29, 0.717) is 18.5 Å². The lowest BCUT2D eigenvalue weighted by Gasteiger charge is -2.35. The molecule has 21 heavy (non-hydrogen) atoms. The van der Waals surface area contributed by atoms with Gasteiger partial charge in [0.25, 0.3) is 6.29 Å². The van der Waals surface area contributed by atoms with E-state index in [1.54, 1.807) is 6.92 Å². The summed E-state index contributed by atoms with van der Waals surface area (Å²) in [4.78, 5) is 23.5. The zero-order valence-corrected chi connectivity index (χ0v) is 12.3. The van der Waals surface area contributed by atoms with Crippen LogP contribution in [0.5, 0.6) is 0 Å². The lowest BCUT2D eigenvalue weighted by Crippen LogP contribution is -2.44. The van der Waals surface area contributed by atoms with Crippen LogP contribution in [0.25, 0.3) is 0 Å². The Hall–Kier alpha value is -1.76. The summed E-state index contributed by atoms with van der Waals surface area (Å²) < 4.78 is 21.3. The Morgan fingerprint density at radius 3 is 2.95 bits per heavy atom. The molecule has 0 aromatic rings. The summed E-state index contributed by atoms with van der Waals surface area (Å²) in [5.41, 5.74) is 0.0744. The number of hydrogen-bond acceptors (Lipinski definition) is 6. The van der Waals surface area contributed by atoms with Gasteiger partial charge in [-0.1, -0.05) is 0 Å². The van der Waals surface area contributed by atoms with Crippen LogP contribution in [0, 0.1) is 11.8 Å². The minimum Gasteiger partial charge on any atom is -0.466 e. The van der Waals surface area contributed by atoms with Gasteiger partial charge in [-0.15, -0.1) is 0 Å². The van der Waals surface area contributed by atoms with E-state index in [9.17, 15) is 9.59 Å². The van der Waals surface area contributed by atoms with Crippen molar-refractivity contribution in [3.05, 3.63) is 11.8 Å². The summed E-state index contributed by atoms with van der Waals surface area (Å²) >= 11 is 0. The first-order valence-corrected chi connectivity index (χ1v) is 7.07. The molecule has 2 fully saturated rings. The fourth-order valence-corrected chi connectivity index (χ4v) is 3.43. The van der Waals surface area contributed by atoms with Crippen molar-refractivity contribution in [1.82, 2.24) is 5.32 Å². The Bertz CT molecular complexity index is 504. The van der Waals surface area contributed by atoms with Gasteiger partial charge in [-0.2, -0.15) is 0 Å². The second-order valence-corrected chi connectivity index (χ2v) is 5.66. The molecule has 0 bridgehead atoms. The van der Waals surface area contributed by atoms with Crippen molar-refractivity contribution in [3.8, 4) is 0 Å². The van der Waals surface area contributed by atoms with Gasteiger partial charge in [0, 0.05) is 12.5 Å². The molecule has 0 aromatic heterocycles. The van der Waals surface area contributed by atoms with E-state index in [0.717, 1.165) is 0 Å². The third-order valence-corrected chi connectivity index (χ3v) is 4.53. The Morgan fingerprint density at radius 2 is 2.29 bits per heavy atom. The standard InChI is InChI=1S/C14H19NO6/c1-4-15-13(17)20-12-10-7(5-9-14(10,2)21-9)8(6-19-12)11(16)18-3/h6-7,9-10,12H,4-5H2,1-3H3,(H,15,17)/t7?,9?,10?,12?,14-/m0/s1. The van der Waals surface area contributed by atoms with Crippen LogP contribution >= 0.6 is 0 Å². The van der Waals surface area contributed by atoms with Crippen molar-refractivity contribution in [2.45, 2.75) is 38.3 Å². The number of hydrogen-bond donors (Lipinski definition) is 1. The number of alkyl carbamates (subject to hydrolysis) is 1. The number of carbonyl (C=O) groups excluding carboxylic acids is 2. The average Bonchev–Trinajstić information content (AvgIpc) is 3.00. The summed E-state index contributed by atoms with van der Waals surface area (Å²) in [6.45, 7) is 4.23. The number of ether oxygens (including phenoxy) is 4. The molecule has 0 radical (unpaired) electrons. The maximum Gasteiger partial charge on any atom is 0.410 e. The highest BCUT2D eigenvalue weighted by atomic mass is 16.7. The van der Waals surface area contributed by atoms with Gasteiger partial charge in [0.15, 0.2) is 0 Å². The molecule has 1 aliphatic carbocycles. The van der Waals surface area contributed by atoms with Gasteiger partial charge >= 0.3 is 12.1 Å². The smallest absolute Gasteiger partial charge is 0.410 e. The van der Waals surface area contributed by atoms with E-state index in [2.05, 4.69) is 5.32 Å². The Balaban J connectivity index is 1.82. The normalized spacial score (nSPS) is 39.3. The molecule has 4 unspecified atom stereocenters. The predicted molar refractivity (Wildman–Crippen MR) is 70.0 cm³/mol. The van der Waals surface area contributed by atoms with E-state index in [1.807, 2.05) is 6.92 Å². The van der Waals surface area contributed by atoms with Crippen LogP contribution in [0.15, 0.2) is 11.8 Å². The number of amides is 1. The molecule has 3 aliphatic rings. The van der Waals surface area contributed by atoms with E-state index < -0.39 is 24.0 Å². The second kappa shape index (κ2) is 4.91. The molecule has 5 atom stereocenters. The molecule has 7 nitrogen and oxygen atoms in total. The summed E-state index contributed by atoms with van der Waals surface area (Å²) in [5, 5.41) is 2.56. The molecule has 1 amide bonds. The van der Waals surface area contributed by atoms with Crippen LogP contribution in [0.2, 0.25) is 0 Å². The summed E-state index contributed by atoms with van der Waals surface area (Å²) in [5.74, 6) is -0.690. The van der Waals surface area contributed by atoms with E-state index in [4.69, 9.17) is 18.9 Å². The lowest BCUT2D eigenvalue weighted by atomic mass is 9.82. The first-order chi connectivity index (χ1) is 10.0. The molecule has 2 heterocycles. The second-order valence-electron chi connectivity index (χ2n) is 5.66. The van der Waals surface area contributed by atoms with Crippen LogP contribution in [0.3, 0.4) is 0 Å². The third kappa shape index (κ3) is 2.16. The molecule has 1 N–H and O–H groups in total. The molecular weight excluding hydrogens is 278 g/mol. The molecule has 116 valence electrons. The molecule has 1 saturated heterocycles. The van der Waals surface area contributed by atoms with Crippen LogP contribution in [-0.2, 0) is 23.7 Å². The zero-order valence-electron chi connectivity index (χ0n) is 12.3. The van der Waals surface area contributed by atoms with Gasteiger partial charge in [0.1, 0.15) is 5.60 Å². The number of methoxy groups -OCH3 is 1. The van der Waals surface area contributed by atoms with E-state index >= 15 is 0 Å². The lowest BCUT2D eigenvalue weighted by molar-refractivity contribution is -0.150. The summed E-state index contributed by atoms with van der Waals surface area (Å²) in [7, 11) is 1.34. The van der Waals surface area contributed by atoms with Crippen molar-refractivity contribution in [1.29, 1.82) is 0 Å². The van der Waals surface area contributed by atoms with Gasteiger partial charge in [-0.05, 0) is 20.3 Å². The Morgan fingerprint density at radius 1 is 1.52 bits per heavy atom. The van der Waals surface area contributed by atoms with Crippen LogP contribution in [0.4, 0.5) is 4.79 Å². The third-order valence-electron chi connectivity index (χ3n) is 4.53. The Labute approximate surface area is 122 Å². The van der Waals surface area contributed by atoms with Crippen molar-refractivity contribution in [2.24, 2.45) is 11.8 Å². The highest BCUT2D eigenvalue weighted by Gasteiger charge is 2.71. The van der Waals surface area contributed by atoms with Crippen molar-refractivity contribution in [3.63, 3.8) is 0 Å². The number of carbonyl (C=O) groups is 2. The van der Waals surface area contributed by atoms with Gasteiger partial charge < -0.3 is 24.3 Å². The zero-order chi connectivity index (χ0) is 15.2. The summed E-state index contributed by atoms with van der Waals surface area (Å²) in [6, 6.07) is 0. The van der Waals surface area contributed by atoms with Gasteiger partial charge in [0.2, 0.25) is 0 Å². The SMILES string of the molecule is CCNC(=O)OC1OC=C(C(=O)OC)C2CC3O[C@]3(C)C12. The molecule has 3 rings (SSSR count). The monoisotopic (exact) mass is 297 g/mol. The Kier molecular flexibility index (Phi) is 3.32. The molecular formula is C14H19NO6. The van der Waals surface area contributed by atoms with Crippen molar-refractivity contribution >= 4 is 12.1 Å². The first-order valence-electron chi connectivity index (χ1n) is 7.07. The van der Waals surface area contributed by atoms with Crippen LogP contribution < -0.4 is 5.32 Å². The molecule has 1 saturated carbocycles. The van der Waals surface area contributed by atoms with E-state index in [-0.39, 0.29) is 17.9 Å². The topological polar surface area (TPSA) is 86.4 Å². The molecule has 0 spiro atoms. The summed E-state index contributed by atoms with van der Waals surface area (Å²) in [6.07, 6.45) is 0.838. The first kappa shape index (κ1) is 14.2. The quantitative estimate of drug-likeness (QED) is 0.616. The van der Waals surface area contributed by atoms with Crippen molar-refractivity contribution in [2.75, 3.05) is 13.7 Å². The molecule has 7 heteroatoms. The maximum absolute atomic E-state index is 11.8. The highest BCUT2D eigenvalue weighted by molar-refractivity contribution is 5.89. The minimum atomic E-state index is -0.757. The van der Waals surface area contributed by atoms with Gasteiger partial charge in [-0.25, -0.2) is 9.59 Å². The van der Waals surface area contributed by atoms with Crippen molar-refractivity contribution < 1.29 is 28.5 Å². The predicted octanol–water partition coefficient (Wildman–Crippen LogP) is 0.939. The highest BCUT2D eigenvalue weighted by Crippen LogP contribution is 2.60. The van der Waals surface area contributed by atoms with Crippen LogP contribution in [-0.4, -0.2) is 43.7 Å².